The van der Waals surface area contributed by atoms with E-state index < -0.39 is 0 Å². The summed E-state index contributed by atoms with van der Waals surface area (Å²) < 4.78 is 5.83. The fraction of sp³-hybridized carbons (Fsp3) is 0.538. The molecule has 1 fully saturated rings. The first-order chi connectivity index (χ1) is 7.18. The molecule has 0 saturated heterocycles. The van der Waals surface area contributed by atoms with Crippen molar-refractivity contribution in [3.8, 4) is 5.75 Å². The van der Waals surface area contributed by atoms with E-state index in [9.17, 15) is 0 Å². The van der Waals surface area contributed by atoms with E-state index >= 15 is 0 Å². The van der Waals surface area contributed by atoms with E-state index in [1.807, 2.05) is 13.1 Å². The number of hydrogen-bond acceptors (Lipinski definition) is 2. The molecule has 0 bridgehead atoms. The zero-order chi connectivity index (χ0) is 10.9. The number of ether oxygens (including phenoxy) is 1. The van der Waals surface area contributed by atoms with Crippen molar-refractivity contribution in [1.29, 1.82) is 0 Å². The summed E-state index contributed by atoms with van der Waals surface area (Å²) in [4.78, 5) is 0. The molecule has 1 aromatic carbocycles. The molecule has 2 nitrogen and oxygen atoms in total. The Kier molecular flexibility index (Phi) is 2.70. The predicted octanol–water partition coefficient (Wildman–Crippen LogP) is 2.68. The summed E-state index contributed by atoms with van der Waals surface area (Å²) in [6.45, 7) is 4.13. The minimum absolute atomic E-state index is 0.186. The third-order valence-corrected chi connectivity index (χ3v) is 2.99. The first kappa shape index (κ1) is 10.5. The van der Waals surface area contributed by atoms with E-state index in [2.05, 4.69) is 37.4 Å². The number of para-hydroxylation sites is 1. The second kappa shape index (κ2) is 3.86. The van der Waals surface area contributed by atoms with Crippen LogP contribution in [-0.2, 0) is 5.54 Å². The Labute approximate surface area is 91.6 Å². The second-order valence-corrected chi connectivity index (χ2v) is 4.49. The van der Waals surface area contributed by atoms with Gasteiger partial charge in [0.05, 0.1) is 6.10 Å². The molecule has 0 aromatic heterocycles. The SMILES string of the molecule is CNC1(c2ccccc2OC(C)C)CC1. The van der Waals surface area contributed by atoms with Crippen molar-refractivity contribution < 1.29 is 4.74 Å². The van der Waals surface area contributed by atoms with Crippen LogP contribution in [0.3, 0.4) is 0 Å². The highest BCUT2D eigenvalue weighted by molar-refractivity contribution is 5.42. The molecule has 2 rings (SSSR count). The van der Waals surface area contributed by atoms with Crippen molar-refractivity contribution in [2.75, 3.05) is 7.05 Å². The van der Waals surface area contributed by atoms with Gasteiger partial charge in [0, 0.05) is 11.1 Å². The fourth-order valence-corrected chi connectivity index (χ4v) is 2.00. The van der Waals surface area contributed by atoms with Gasteiger partial charge in [-0.2, -0.15) is 0 Å². The monoisotopic (exact) mass is 205 g/mol. The molecular formula is C13H19NO. The molecule has 0 spiro atoms. The predicted molar refractivity (Wildman–Crippen MR) is 62.2 cm³/mol. The molecule has 1 saturated carbocycles. The van der Waals surface area contributed by atoms with E-state index in [0.717, 1.165) is 5.75 Å². The Balaban J connectivity index is 2.30. The van der Waals surface area contributed by atoms with E-state index in [4.69, 9.17) is 4.74 Å². The molecular weight excluding hydrogens is 186 g/mol. The van der Waals surface area contributed by atoms with Crippen LogP contribution in [-0.4, -0.2) is 13.2 Å². The molecule has 0 atom stereocenters. The van der Waals surface area contributed by atoms with Crippen LogP contribution in [0, 0.1) is 0 Å². The molecule has 2 heteroatoms. The molecule has 1 aliphatic carbocycles. The van der Waals surface area contributed by atoms with Gasteiger partial charge in [-0.3, -0.25) is 0 Å². The first-order valence-electron chi connectivity index (χ1n) is 5.63. The van der Waals surface area contributed by atoms with Gasteiger partial charge in [0.2, 0.25) is 0 Å². The van der Waals surface area contributed by atoms with Gasteiger partial charge in [-0.15, -0.1) is 0 Å². The molecule has 1 N–H and O–H groups in total. The number of hydrogen-bond donors (Lipinski definition) is 1. The first-order valence-corrected chi connectivity index (χ1v) is 5.63. The standard InChI is InChI=1S/C13H19NO/c1-10(2)15-12-7-5-4-6-11(12)13(14-3)8-9-13/h4-7,10,14H,8-9H2,1-3H3. The summed E-state index contributed by atoms with van der Waals surface area (Å²) in [5, 5.41) is 3.40. The Morgan fingerprint density at radius 3 is 2.47 bits per heavy atom. The lowest BCUT2D eigenvalue weighted by Crippen LogP contribution is -2.25. The van der Waals surface area contributed by atoms with Crippen molar-refractivity contribution in [1.82, 2.24) is 5.32 Å². The second-order valence-electron chi connectivity index (χ2n) is 4.49. The van der Waals surface area contributed by atoms with E-state index in [-0.39, 0.29) is 11.6 Å². The van der Waals surface area contributed by atoms with Crippen molar-refractivity contribution >= 4 is 0 Å². The third-order valence-electron chi connectivity index (χ3n) is 2.99. The van der Waals surface area contributed by atoms with Crippen molar-refractivity contribution in [3.63, 3.8) is 0 Å². The zero-order valence-electron chi connectivity index (χ0n) is 9.71. The maximum atomic E-state index is 5.83. The van der Waals surface area contributed by atoms with Crippen molar-refractivity contribution in [2.24, 2.45) is 0 Å². The third kappa shape index (κ3) is 2.00. The highest BCUT2D eigenvalue weighted by atomic mass is 16.5. The largest absolute Gasteiger partial charge is 0.491 e. The average molecular weight is 205 g/mol. The molecule has 0 unspecified atom stereocenters. The van der Waals surface area contributed by atoms with Gasteiger partial charge >= 0.3 is 0 Å². The molecule has 15 heavy (non-hydrogen) atoms. The van der Waals surface area contributed by atoms with Gasteiger partial charge in [-0.1, -0.05) is 18.2 Å². The summed E-state index contributed by atoms with van der Waals surface area (Å²) in [5.41, 5.74) is 1.49. The molecule has 1 aromatic rings. The van der Waals surface area contributed by atoms with Gasteiger partial charge in [0.15, 0.2) is 0 Å². The van der Waals surface area contributed by atoms with Gasteiger partial charge in [0.25, 0.3) is 0 Å². The maximum Gasteiger partial charge on any atom is 0.124 e. The van der Waals surface area contributed by atoms with E-state index in [1.54, 1.807) is 0 Å². The lowest BCUT2D eigenvalue weighted by atomic mass is 10.0. The zero-order valence-corrected chi connectivity index (χ0v) is 9.71. The molecule has 0 radical (unpaired) electrons. The topological polar surface area (TPSA) is 21.3 Å². The van der Waals surface area contributed by atoms with Crippen LogP contribution in [0.1, 0.15) is 32.3 Å². The van der Waals surface area contributed by atoms with Crippen LogP contribution >= 0.6 is 0 Å². The normalized spacial score (nSPS) is 17.9. The molecule has 0 amide bonds. The van der Waals surface area contributed by atoms with Gasteiger partial charge in [0.1, 0.15) is 5.75 Å². The number of benzene rings is 1. The van der Waals surface area contributed by atoms with Crippen LogP contribution in [0.4, 0.5) is 0 Å². The van der Waals surface area contributed by atoms with Crippen LogP contribution in [0.25, 0.3) is 0 Å². The maximum absolute atomic E-state index is 5.83. The minimum atomic E-state index is 0.186. The van der Waals surface area contributed by atoms with Crippen LogP contribution < -0.4 is 10.1 Å². The number of nitrogens with one attached hydrogen (secondary N) is 1. The molecule has 1 aliphatic rings. The summed E-state index contributed by atoms with van der Waals surface area (Å²) in [6, 6.07) is 8.35. The van der Waals surface area contributed by atoms with Gasteiger partial charge in [-0.05, 0) is 39.8 Å². The lowest BCUT2D eigenvalue weighted by molar-refractivity contribution is 0.237. The van der Waals surface area contributed by atoms with Crippen LogP contribution in [0.5, 0.6) is 5.75 Å². The Morgan fingerprint density at radius 1 is 1.27 bits per heavy atom. The van der Waals surface area contributed by atoms with Crippen molar-refractivity contribution in [3.05, 3.63) is 29.8 Å². The summed E-state index contributed by atoms with van der Waals surface area (Å²) >= 11 is 0. The van der Waals surface area contributed by atoms with E-state index in [0.29, 0.717) is 0 Å². The average Bonchev–Trinajstić information content (AvgIpc) is 2.98. The van der Waals surface area contributed by atoms with E-state index in [1.165, 1.54) is 18.4 Å². The summed E-state index contributed by atoms with van der Waals surface area (Å²) in [7, 11) is 2.03. The van der Waals surface area contributed by atoms with Crippen molar-refractivity contribution in [2.45, 2.75) is 38.3 Å². The van der Waals surface area contributed by atoms with Gasteiger partial charge < -0.3 is 10.1 Å². The summed E-state index contributed by atoms with van der Waals surface area (Å²) in [6.07, 6.45) is 2.66. The molecule has 82 valence electrons. The quantitative estimate of drug-likeness (QED) is 0.816. The Hall–Kier alpha value is -1.02. The highest BCUT2D eigenvalue weighted by Gasteiger charge is 2.44. The smallest absolute Gasteiger partial charge is 0.124 e. The molecule has 0 heterocycles. The lowest BCUT2D eigenvalue weighted by Gasteiger charge is -2.20. The minimum Gasteiger partial charge on any atom is -0.491 e. The highest BCUT2D eigenvalue weighted by Crippen LogP contribution is 2.48. The van der Waals surface area contributed by atoms with Gasteiger partial charge in [-0.25, -0.2) is 0 Å². The van der Waals surface area contributed by atoms with Crippen LogP contribution in [0.2, 0.25) is 0 Å². The number of rotatable bonds is 4. The molecule has 0 aliphatic heterocycles. The Morgan fingerprint density at radius 2 is 1.93 bits per heavy atom. The summed E-state index contributed by atoms with van der Waals surface area (Å²) in [5.74, 6) is 1.03. The fourth-order valence-electron chi connectivity index (χ4n) is 2.00. The Bertz CT molecular complexity index is 342. The van der Waals surface area contributed by atoms with Crippen LogP contribution in [0.15, 0.2) is 24.3 Å².